The highest BCUT2D eigenvalue weighted by atomic mass is 32.1. The van der Waals surface area contributed by atoms with Gasteiger partial charge in [0.15, 0.2) is 5.13 Å². The van der Waals surface area contributed by atoms with Crippen LogP contribution >= 0.6 is 11.3 Å². The van der Waals surface area contributed by atoms with E-state index in [1.807, 2.05) is 73.0 Å². The van der Waals surface area contributed by atoms with Gasteiger partial charge in [-0.15, -0.1) is 11.3 Å². The minimum atomic E-state index is -0.141. The molecule has 0 fully saturated rings. The minimum absolute atomic E-state index is 0.141. The quantitative estimate of drug-likeness (QED) is 0.530. The second-order valence-corrected chi connectivity index (χ2v) is 7.62. The summed E-state index contributed by atoms with van der Waals surface area (Å²) in [6.07, 6.45) is 0. The molecule has 1 N–H and O–H groups in total. The number of carbonyl (C=O) groups excluding carboxylic acids is 1. The molecule has 0 bridgehead atoms. The zero-order valence-electron chi connectivity index (χ0n) is 15.7. The molecule has 7 heteroatoms. The number of aryl methyl sites for hydroxylation is 2. The van der Waals surface area contributed by atoms with Crippen LogP contribution in [-0.2, 0) is 17.9 Å². The molecule has 2 heterocycles. The smallest absolute Gasteiger partial charge is 0.246 e. The number of nitrogens with one attached hydrogen (secondary N) is 1. The number of rotatable bonds is 6. The molecule has 28 heavy (non-hydrogen) atoms. The summed E-state index contributed by atoms with van der Waals surface area (Å²) in [6.45, 7) is 4.35. The van der Waals surface area contributed by atoms with Crippen LogP contribution in [0, 0.1) is 13.8 Å². The van der Waals surface area contributed by atoms with Gasteiger partial charge in [0.1, 0.15) is 24.7 Å². The van der Waals surface area contributed by atoms with E-state index in [-0.39, 0.29) is 19.1 Å². The summed E-state index contributed by atoms with van der Waals surface area (Å²) in [5.41, 5.74) is 2.67. The number of para-hydroxylation sites is 3. The van der Waals surface area contributed by atoms with Crippen molar-refractivity contribution in [1.29, 1.82) is 0 Å². The first kappa shape index (κ1) is 18.2. The van der Waals surface area contributed by atoms with Crippen LogP contribution < -0.4 is 10.1 Å². The largest absolute Gasteiger partial charge is 0.486 e. The van der Waals surface area contributed by atoms with Gasteiger partial charge in [-0.25, -0.2) is 9.97 Å². The fourth-order valence-corrected chi connectivity index (χ4v) is 3.74. The molecule has 0 aliphatic carbocycles. The Bertz CT molecular complexity index is 1100. The summed E-state index contributed by atoms with van der Waals surface area (Å²) in [5.74, 6) is 1.32. The summed E-state index contributed by atoms with van der Waals surface area (Å²) >= 11 is 1.48. The van der Waals surface area contributed by atoms with Crippen molar-refractivity contribution in [2.24, 2.45) is 0 Å². The highest BCUT2D eigenvalue weighted by molar-refractivity contribution is 7.15. The lowest BCUT2D eigenvalue weighted by Crippen LogP contribution is -2.20. The number of fused-ring (bicyclic) bond motifs is 1. The van der Waals surface area contributed by atoms with Crippen LogP contribution in [-0.4, -0.2) is 20.4 Å². The van der Waals surface area contributed by atoms with Crippen molar-refractivity contribution >= 4 is 33.4 Å². The number of hydrogen-bond donors (Lipinski definition) is 1. The van der Waals surface area contributed by atoms with Gasteiger partial charge in [0.2, 0.25) is 5.91 Å². The molecule has 0 aliphatic rings. The Hall–Kier alpha value is -3.19. The molecule has 0 radical (unpaired) electrons. The van der Waals surface area contributed by atoms with Crippen LogP contribution in [0.1, 0.15) is 16.4 Å². The number of amides is 1. The molecule has 2 aromatic carbocycles. The maximum absolute atomic E-state index is 12.6. The van der Waals surface area contributed by atoms with Gasteiger partial charge in [0, 0.05) is 4.88 Å². The molecule has 0 aliphatic heterocycles. The van der Waals surface area contributed by atoms with Gasteiger partial charge in [-0.2, -0.15) is 0 Å². The van der Waals surface area contributed by atoms with Crippen LogP contribution in [0.25, 0.3) is 11.0 Å². The Balaban J connectivity index is 1.56. The van der Waals surface area contributed by atoms with Crippen molar-refractivity contribution < 1.29 is 9.53 Å². The van der Waals surface area contributed by atoms with Crippen molar-refractivity contribution in [2.75, 3.05) is 5.32 Å². The van der Waals surface area contributed by atoms with Gasteiger partial charge in [0.25, 0.3) is 0 Å². The summed E-state index contributed by atoms with van der Waals surface area (Å²) in [7, 11) is 0. The average Bonchev–Trinajstić information content (AvgIpc) is 3.20. The van der Waals surface area contributed by atoms with Crippen LogP contribution in [0.2, 0.25) is 0 Å². The van der Waals surface area contributed by atoms with Gasteiger partial charge in [-0.1, -0.05) is 30.3 Å². The van der Waals surface area contributed by atoms with Crippen LogP contribution in [0.3, 0.4) is 0 Å². The van der Waals surface area contributed by atoms with E-state index in [4.69, 9.17) is 4.74 Å². The molecule has 0 saturated carbocycles. The molecule has 1 amide bonds. The molecule has 0 saturated heterocycles. The molecule has 4 aromatic rings. The second kappa shape index (κ2) is 7.82. The highest BCUT2D eigenvalue weighted by Gasteiger charge is 2.15. The average molecular weight is 392 g/mol. The predicted molar refractivity (Wildman–Crippen MR) is 111 cm³/mol. The van der Waals surface area contributed by atoms with Crippen molar-refractivity contribution in [2.45, 2.75) is 27.0 Å². The predicted octanol–water partition coefficient (Wildman–Crippen LogP) is 4.33. The number of thiazole rings is 1. The van der Waals surface area contributed by atoms with Crippen LogP contribution in [0.15, 0.2) is 54.6 Å². The van der Waals surface area contributed by atoms with Gasteiger partial charge >= 0.3 is 0 Å². The van der Waals surface area contributed by atoms with Crippen molar-refractivity contribution in [1.82, 2.24) is 14.5 Å². The lowest BCUT2D eigenvalue weighted by atomic mass is 10.3. The van der Waals surface area contributed by atoms with E-state index >= 15 is 0 Å². The van der Waals surface area contributed by atoms with Crippen molar-refractivity contribution in [3.63, 3.8) is 0 Å². The lowest BCUT2D eigenvalue weighted by Gasteiger charge is -2.10. The summed E-state index contributed by atoms with van der Waals surface area (Å²) in [4.78, 5) is 22.8. The fourth-order valence-electron chi connectivity index (χ4n) is 2.91. The Morgan fingerprint density at radius 1 is 1.07 bits per heavy atom. The monoisotopic (exact) mass is 392 g/mol. The highest BCUT2D eigenvalue weighted by Crippen LogP contribution is 2.22. The molecule has 142 valence electrons. The molecule has 0 unspecified atom stereocenters. The second-order valence-electron chi connectivity index (χ2n) is 6.41. The van der Waals surface area contributed by atoms with Crippen LogP contribution in [0.5, 0.6) is 5.75 Å². The zero-order chi connectivity index (χ0) is 19.5. The molecule has 0 atom stereocenters. The lowest BCUT2D eigenvalue weighted by molar-refractivity contribution is -0.116. The molecule has 4 rings (SSSR count). The van der Waals surface area contributed by atoms with E-state index in [1.54, 1.807) is 0 Å². The summed E-state index contributed by atoms with van der Waals surface area (Å²) < 4.78 is 7.75. The fraction of sp³-hybridized carbons (Fsp3) is 0.190. The third kappa shape index (κ3) is 3.89. The normalized spacial score (nSPS) is 10.9. The SMILES string of the molecule is Cc1nc(NC(=O)Cn2c(COc3ccccc3)nc3ccccc32)sc1C. The Morgan fingerprint density at radius 2 is 1.82 bits per heavy atom. The number of imidazole rings is 1. The van der Waals surface area contributed by atoms with E-state index < -0.39 is 0 Å². The first-order chi connectivity index (χ1) is 13.6. The Kier molecular flexibility index (Phi) is 5.08. The molecule has 2 aromatic heterocycles. The van der Waals surface area contributed by atoms with E-state index in [1.165, 1.54) is 11.3 Å². The first-order valence-electron chi connectivity index (χ1n) is 8.96. The third-order valence-corrected chi connectivity index (χ3v) is 5.41. The van der Waals surface area contributed by atoms with Crippen LogP contribution in [0.4, 0.5) is 5.13 Å². The molecule has 0 spiro atoms. The van der Waals surface area contributed by atoms with Gasteiger partial charge in [-0.05, 0) is 38.1 Å². The number of hydrogen-bond acceptors (Lipinski definition) is 5. The number of benzene rings is 2. The number of aromatic nitrogens is 3. The van der Waals surface area contributed by atoms with Gasteiger partial charge in [-0.3, -0.25) is 4.79 Å². The summed E-state index contributed by atoms with van der Waals surface area (Å²) in [5, 5.41) is 3.50. The molecular weight excluding hydrogens is 372 g/mol. The van der Waals surface area contributed by atoms with E-state index in [0.29, 0.717) is 11.0 Å². The van der Waals surface area contributed by atoms with Crippen molar-refractivity contribution in [3.8, 4) is 5.75 Å². The maximum atomic E-state index is 12.6. The number of carbonyl (C=O) groups is 1. The summed E-state index contributed by atoms with van der Waals surface area (Å²) in [6, 6.07) is 17.3. The number of anilines is 1. The van der Waals surface area contributed by atoms with E-state index in [2.05, 4.69) is 15.3 Å². The molecule has 6 nitrogen and oxygen atoms in total. The van der Waals surface area contributed by atoms with Gasteiger partial charge < -0.3 is 14.6 Å². The maximum Gasteiger partial charge on any atom is 0.246 e. The van der Waals surface area contributed by atoms with E-state index in [9.17, 15) is 4.79 Å². The Labute approximate surface area is 166 Å². The van der Waals surface area contributed by atoms with Crippen molar-refractivity contribution in [3.05, 3.63) is 71.0 Å². The van der Waals surface area contributed by atoms with Gasteiger partial charge in [0.05, 0.1) is 16.7 Å². The number of nitrogens with zero attached hydrogens (tertiary/aromatic N) is 3. The topological polar surface area (TPSA) is 69.0 Å². The number of ether oxygens (including phenoxy) is 1. The zero-order valence-corrected chi connectivity index (χ0v) is 16.5. The van der Waals surface area contributed by atoms with E-state index in [0.717, 1.165) is 27.4 Å². The minimum Gasteiger partial charge on any atom is -0.486 e. The standard InChI is InChI=1S/C21H20N4O2S/c1-14-15(2)28-21(22-14)24-20(26)12-25-18-11-7-6-10-17(18)23-19(25)13-27-16-8-4-3-5-9-16/h3-11H,12-13H2,1-2H3,(H,22,24,26). The first-order valence-corrected chi connectivity index (χ1v) is 9.77. The third-order valence-electron chi connectivity index (χ3n) is 4.42. The Morgan fingerprint density at radius 3 is 2.57 bits per heavy atom. The molecular formula is C21H20N4O2S.